The second kappa shape index (κ2) is 4.33. The molecule has 0 spiro atoms. The molecule has 2 aromatic rings. The summed E-state index contributed by atoms with van der Waals surface area (Å²) in [6, 6.07) is 7.82. The van der Waals surface area contributed by atoms with Crippen LogP contribution >= 0.6 is 11.6 Å². The van der Waals surface area contributed by atoms with E-state index < -0.39 is 0 Å². The van der Waals surface area contributed by atoms with E-state index in [2.05, 4.69) is 15.5 Å². The predicted octanol–water partition coefficient (Wildman–Crippen LogP) is 2.24. The van der Waals surface area contributed by atoms with Gasteiger partial charge in [0.2, 0.25) is 0 Å². The lowest BCUT2D eigenvalue weighted by Crippen LogP contribution is -2.07. The van der Waals surface area contributed by atoms with E-state index in [1.165, 1.54) is 0 Å². The van der Waals surface area contributed by atoms with Gasteiger partial charge in [-0.15, -0.1) is 5.10 Å². The van der Waals surface area contributed by atoms with Gasteiger partial charge in [0.25, 0.3) is 0 Å². The van der Waals surface area contributed by atoms with Gasteiger partial charge in [0, 0.05) is 0 Å². The minimum Gasteiger partial charge on any atom is -0.484 e. The maximum absolute atomic E-state index is 6.00. The van der Waals surface area contributed by atoms with Gasteiger partial charge in [0.1, 0.15) is 12.4 Å². The van der Waals surface area contributed by atoms with Gasteiger partial charge in [-0.2, -0.15) is 0 Å². The zero-order valence-corrected chi connectivity index (χ0v) is 9.84. The first kappa shape index (κ1) is 10.5. The summed E-state index contributed by atoms with van der Waals surface area (Å²) in [4.78, 5) is 0. The van der Waals surface area contributed by atoms with Crippen molar-refractivity contribution in [1.29, 1.82) is 0 Å². The molecule has 0 radical (unpaired) electrons. The number of ether oxygens (including phenoxy) is 1. The lowest BCUT2D eigenvalue weighted by molar-refractivity contribution is 0.286. The van der Waals surface area contributed by atoms with E-state index in [1.807, 2.05) is 22.9 Å². The summed E-state index contributed by atoms with van der Waals surface area (Å²) < 4.78 is 7.43. The first-order valence-corrected chi connectivity index (χ1v) is 5.86. The SMILES string of the molecule is Clc1ccccc1OCc1nnnn1C1CC1. The van der Waals surface area contributed by atoms with E-state index in [-0.39, 0.29) is 0 Å². The smallest absolute Gasteiger partial charge is 0.189 e. The van der Waals surface area contributed by atoms with E-state index >= 15 is 0 Å². The Morgan fingerprint density at radius 2 is 2.18 bits per heavy atom. The number of para-hydroxylation sites is 1. The van der Waals surface area contributed by atoms with E-state index in [0.29, 0.717) is 23.4 Å². The lowest BCUT2D eigenvalue weighted by atomic mass is 10.3. The van der Waals surface area contributed by atoms with Gasteiger partial charge in [-0.3, -0.25) is 0 Å². The Morgan fingerprint density at radius 1 is 1.35 bits per heavy atom. The number of hydrogen-bond acceptors (Lipinski definition) is 4. The fourth-order valence-electron chi connectivity index (χ4n) is 1.61. The molecule has 0 aliphatic heterocycles. The molecule has 1 fully saturated rings. The van der Waals surface area contributed by atoms with Crippen LogP contribution in [0.5, 0.6) is 5.75 Å². The average Bonchev–Trinajstić information content (AvgIpc) is 3.08. The molecule has 1 aromatic carbocycles. The molecule has 0 amide bonds. The van der Waals surface area contributed by atoms with Gasteiger partial charge < -0.3 is 4.74 Å². The minimum absolute atomic E-state index is 0.341. The number of halogens is 1. The van der Waals surface area contributed by atoms with Gasteiger partial charge in [0.15, 0.2) is 5.82 Å². The predicted molar refractivity (Wildman–Crippen MR) is 61.9 cm³/mol. The summed E-state index contributed by atoms with van der Waals surface area (Å²) in [6.07, 6.45) is 2.29. The van der Waals surface area contributed by atoms with Crippen molar-refractivity contribution in [3.8, 4) is 5.75 Å². The number of tetrazole rings is 1. The maximum atomic E-state index is 6.00. The Balaban J connectivity index is 1.71. The topological polar surface area (TPSA) is 52.8 Å². The molecular formula is C11H11ClN4O. The molecule has 0 bridgehead atoms. The molecule has 0 saturated heterocycles. The fraction of sp³-hybridized carbons (Fsp3) is 0.364. The largest absolute Gasteiger partial charge is 0.484 e. The Morgan fingerprint density at radius 3 is 2.94 bits per heavy atom. The van der Waals surface area contributed by atoms with E-state index in [4.69, 9.17) is 16.3 Å². The van der Waals surface area contributed by atoms with Crippen LogP contribution in [0, 0.1) is 0 Å². The molecule has 17 heavy (non-hydrogen) atoms. The number of rotatable bonds is 4. The lowest BCUT2D eigenvalue weighted by Gasteiger charge is -2.07. The second-order valence-corrected chi connectivity index (χ2v) is 4.40. The molecule has 1 aliphatic rings. The van der Waals surface area contributed by atoms with Crippen molar-refractivity contribution in [3.05, 3.63) is 35.1 Å². The highest BCUT2D eigenvalue weighted by Crippen LogP contribution is 2.34. The average molecular weight is 251 g/mol. The standard InChI is InChI=1S/C11H11ClN4O/c12-9-3-1-2-4-10(9)17-7-11-13-14-15-16(11)8-5-6-8/h1-4,8H,5-7H2. The molecule has 0 atom stereocenters. The monoisotopic (exact) mass is 250 g/mol. The summed E-state index contributed by atoms with van der Waals surface area (Å²) in [5, 5.41) is 12.2. The Kier molecular flexibility index (Phi) is 2.68. The zero-order valence-electron chi connectivity index (χ0n) is 9.08. The van der Waals surface area contributed by atoms with Crippen LogP contribution in [0.15, 0.2) is 24.3 Å². The Hall–Kier alpha value is -1.62. The van der Waals surface area contributed by atoms with Crippen LogP contribution in [0.3, 0.4) is 0 Å². The summed E-state index contributed by atoms with van der Waals surface area (Å²) in [6.45, 7) is 0.341. The molecule has 88 valence electrons. The van der Waals surface area contributed by atoms with Crippen molar-refractivity contribution >= 4 is 11.6 Å². The summed E-state index contributed by atoms with van der Waals surface area (Å²) in [5.74, 6) is 1.40. The quantitative estimate of drug-likeness (QED) is 0.835. The van der Waals surface area contributed by atoms with E-state index in [1.54, 1.807) is 6.07 Å². The minimum atomic E-state index is 0.341. The number of hydrogen-bond donors (Lipinski definition) is 0. The highest BCUT2D eigenvalue weighted by atomic mass is 35.5. The molecular weight excluding hydrogens is 240 g/mol. The van der Waals surface area contributed by atoms with Crippen molar-refractivity contribution in [2.75, 3.05) is 0 Å². The molecule has 1 aromatic heterocycles. The summed E-state index contributed by atoms with van der Waals surface area (Å²) in [5.41, 5.74) is 0. The third kappa shape index (κ3) is 2.24. The number of nitrogens with zero attached hydrogens (tertiary/aromatic N) is 4. The third-order valence-electron chi connectivity index (χ3n) is 2.65. The third-order valence-corrected chi connectivity index (χ3v) is 2.96. The molecule has 3 rings (SSSR count). The highest BCUT2D eigenvalue weighted by Gasteiger charge is 2.27. The van der Waals surface area contributed by atoms with Crippen LogP contribution < -0.4 is 4.74 Å². The van der Waals surface area contributed by atoms with Crippen molar-refractivity contribution in [1.82, 2.24) is 20.2 Å². The summed E-state index contributed by atoms with van der Waals surface area (Å²) in [7, 11) is 0. The van der Waals surface area contributed by atoms with Crippen LogP contribution in [0.4, 0.5) is 0 Å². The number of aromatic nitrogens is 4. The van der Waals surface area contributed by atoms with Gasteiger partial charge in [-0.25, -0.2) is 4.68 Å². The van der Waals surface area contributed by atoms with Crippen LogP contribution in [0.1, 0.15) is 24.7 Å². The first-order valence-electron chi connectivity index (χ1n) is 5.48. The zero-order chi connectivity index (χ0) is 11.7. The van der Waals surface area contributed by atoms with Crippen molar-refractivity contribution in [3.63, 3.8) is 0 Å². The van der Waals surface area contributed by atoms with Crippen LogP contribution in [-0.4, -0.2) is 20.2 Å². The van der Waals surface area contributed by atoms with E-state index in [9.17, 15) is 0 Å². The van der Waals surface area contributed by atoms with Gasteiger partial charge in [-0.1, -0.05) is 23.7 Å². The molecule has 6 heteroatoms. The van der Waals surface area contributed by atoms with E-state index in [0.717, 1.165) is 18.7 Å². The van der Waals surface area contributed by atoms with Gasteiger partial charge >= 0.3 is 0 Å². The Labute approximate surface area is 103 Å². The molecule has 1 heterocycles. The van der Waals surface area contributed by atoms with Crippen LogP contribution in [-0.2, 0) is 6.61 Å². The first-order chi connectivity index (χ1) is 8.34. The Bertz CT molecular complexity index is 524. The summed E-state index contributed by atoms with van der Waals surface area (Å²) >= 11 is 6.00. The number of benzene rings is 1. The maximum Gasteiger partial charge on any atom is 0.189 e. The molecule has 5 nitrogen and oxygen atoms in total. The van der Waals surface area contributed by atoms with Crippen molar-refractivity contribution < 1.29 is 4.74 Å². The highest BCUT2D eigenvalue weighted by molar-refractivity contribution is 6.32. The molecule has 0 N–H and O–H groups in total. The molecule has 0 unspecified atom stereocenters. The van der Waals surface area contributed by atoms with Gasteiger partial charge in [-0.05, 0) is 35.4 Å². The fourth-order valence-corrected chi connectivity index (χ4v) is 1.80. The van der Waals surface area contributed by atoms with Crippen molar-refractivity contribution in [2.24, 2.45) is 0 Å². The van der Waals surface area contributed by atoms with Crippen LogP contribution in [0.25, 0.3) is 0 Å². The molecule has 1 aliphatic carbocycles. The molecule has 1 saturated carbocycles. The normalized spacial score (nSPS) is 14.9. The second-order valence-electron chi connectivity index (χ2n) is 3.99. The van der Waals surface area contributed by atoms with Gasteiger partial charge in [0.05, 0.1) is 11.1 Å². The van der Waals surface area contributed by atoms with Crippen LogP contribution in [0.2, 0.25) is 5.02 Å². The van der Waals surface area contributed by atoms with Crippen molar-refractivity contribution in [2.45, 2.75) is 25.5 Å².